The molecule has 0 spiro atoms. The van der Waals surface area contributed by atoms with Crippen LogP contribution in [0.3, 0.4) is 0 Å². The van der Waals surface area contributed by atoms with Gasteiger partial charge in [0.1, 0.15) is 5.52 Å². The second-order valence-corrected chi connectivity index (χ2v) is 6.98. The van der Waals surface area contributed by atoms with Crippen LogP contribution in [-0.2, 0) is 6.54 Å². The number of imidazole rings is 1. The maximum Gasteiger partial charge on any atom is 0.207 e. The highest BCUT2D eigenvalue weighted by Crippen LogP contribution is 2.30. The van der Waals surface area contributed by atoms with E-state index < -0.39 is 0 Å². The van der Waals surface area contributed by atoms with Crippen LogP contribution < -0.4 is 10.6 Å². The lowest BCUT2D eigenvalue weighted by atomic mass is 10.1. The summed E-state index contributed by atoms with van der Waals surface area (Å²) >= 11 is 6.38. The van der Waals surface area contributed by atoms with Crippen LogP contribution >= 0.6 is 11.6 Å². The minimum absolute atomic E-state index is 0.156. The highest BCUT2D eigenvalue weighted by molar-refractivity contribution is 6.35. The molecule has 1 saturated heterocycles. The van der Waals surface area contributed by atoms with Crippen LogP contribution in [0.15, 0.2) is 36.5 Å². The number of halogens is 1. The Labute approximate surface area is 157 Å². The lowest BCUT2D eigenvalue weighted by molar-refractivity contribution is 0.495. The Kier molecular flexibility index (Phi) is 4.49. The molecule has 0 saturated carbocycles. The fraction of sp³-hybridized carbons (Fsp3) is 0.316. The molecular formula is C19H19ClN6. The number of piperidine rings is 1. The first kappa shape index (κ1) is 16.8. The largest absolute Gasteiger partial charge is 0.341 e. The van der Waals surface area contributed by atoms with Crippen molar-refractivity contribution in [2.45, 2.75) is 25.4 Å². The van der Waals surface area contributed by atoms with Gasteiger partial charge in [0.15, 0.2) is 0 Å². The molecule has 26 heavy (non-hydrogen) atoms. The molecule has 3 heterocycles. The first-order valence-corrected chi connectivity index (χ1v) is 9.01. The number of rotatable bonds is 3. The van der Waals surface area contributed by atoms with Crippen LogP contribution in [0.25, 0.3) is 15.9 Å². The molecular weight excluding hydrogens is 348 g/mol. The quantitative estimate of drug-likeness (QED) is 0.719. The van der Waals surface area contributed by atoms with Crippen molar-refractivity contribution in [1.29, 1.82) is 0 Å². The van der Waals surface area contributed by atoms with E-state index in [0.717, 1.165) is 48.6 Å². The molecule has 0 bridgehead atoms. The van der Waals surface area contributed by atoms with E-state index in [2.05, 4.69) is 19.3 Å². The second-order valence-electron chi connectivity index (χ2n) is 6.57. The lowest BCUT2D eigenvalue weighted by Gasteiger charge is -2.32. The molecule has 132 valence electrons. The minimum atomic E-state index is 0.156. The molecule has 0 aliphatic carbocycles. The van der Waals surface area contributed by atoms with Crippen molar-refractivity contribution in [3.63, 3.8) is 0 Å². The summed E-state index contributed by atoms with van der Waals surface area (Å²) in [6.07, 6.45) is 3.69. The zero-order valence-corrected chi connectivity index (χ0v) is 15.0. The molecule has 2 N–H and O–H groups in total. The number of pyridine rings is 1. The van der Waals surface area contributed by atoms with Gasteiger partial charge in [-0.2, -0.15) is 0 Å². The van der Waals surface area contributed by atoms with E-state index in [4.69, 9.17) is 28.9 Å². The smallest absolute Gasteiger partial charge is 0.207 e. The SMILES string of the molecule is [C-]#[N+]c1ccc(Cn2c(N3CCC[C@H](N)C3)nc3c(Cl)cccc32)nc1. The Hall–Kier alpha value is -2.62. The zero-order chi connectivity index (χ0) is 18.1. The number of anilines is 1. The van der Waals surface area contributed by atoms with Gasteiger partial charge in [0.2, 0.25) is 11.6 Å². The van der Waals surface area contributed by atoms with E-state index >= 15 is 0 Å². The molecule has 7 heteroatoms. The Morgan fingerprint density at radius 1 is 1.31 bits per heavy atom. The Bertz CT molecular complexity index is 972. The van der Waals surface area contributed by atoms with Crippen molar-refractivity contribution in [3.8, 4) is 0 Å². The summed E-state index contributed by atoms with van der Waals surface area (Å²) < 4.78 is 2.14. The normalized spacial score (nSPS) is 17.4. The molecule has 1 aromatic carbocycles. The third-order valence-corrected chi connectivity index (χ3v) is 5.01. The summed E-state index contributed by atoms with van der Waals surface area (Å²) in [6, 6.07) is 9.64. The van der Waals surface area contributed by atoms with Gasteiger partial charge >= 0.3 is 0 Å². The van der Waals surface area contributed by atoms with Gasteiger partial charge < -0.3 is 15.2 Å². The zero-order valence-electron chi connectivity index (χ0n) is 14.3. The van der Waals surface area contributed by atoms with Gasteiger partial charge in [-0.05, 0) is 31.0 Å². The lowest BCUT2D eigenvalue weighted by Crippen LogP contribution is -2.44. The Morgan fingerprint density at radius 2 is 2.19 bits per heavy atom. The highest BCUT2D eigenvalue weighted by atomic mass is 35.5. The maximum absolute atomic E-state index is 7.07. The first-order valence-electron chi connectivity index (χ1n) is 8.63. The molecule has 1 aliphatic rings. The maximum atomic E-state index is 7.07. The summed E-state index contributed by atoms with van der Waals surface area (Å²) in [6.45, 7) is 9.34. The van der Waals surface area contributed by atoms with Crippen LogP contribution in [0.5, 0.6) is 0 Å². The number of nitrogens with zero attached hydrogens (tertiary/aromatic N) is 5. The highest BCUT2D eigenvalue weighted by Gasteiger charge is 2.23. The molecule has 6 nitrogen and oxygen atoms in total. The van der Waals surface area contributed by atoms with Gasteiger partial charge in [-0.15, -0.1) is 0 Å². The van der Waals surface area contributed by atoms with Gasteiger partial charge in [0.05, 0.1) is 29.4 Å². The Morgan fingerprint density at radius 3 is 2.92 bits per heavy atom. The van der Waals surface area contributed by atoms with Crippen LogP contribution in [0.2, 0.25) is 5.02 Å². The van der Waals surface area contributed by atoms with Gasteiger partial charge in [0, 0.05) is 25.3 Å². The van der Waals surface area contributed by atoms with Crippen molar-refractivity contribution < 1.29 is 0 Å². The summed E-state index contributed by atoms with van der Waals surface area (Å²) in [5, 5.41) is 0.639. The van der Waals surface area contributed by atoms with E-state index in [-0.39, 0.29) is 6.04 Å². The van der Waals surface area contributed by atoms with Gasteiger partial charge in [-0.3, -0.25) is 4.98 Å². The molecule has 2 aromatic heterocycles. The number of benzene rings is 1. The van der Waals surface area contributed by atoms with Gasteiger partial charge in [-0.1, -0.05) is 23.7 Å². The molecule has 3 aromatic rings. The van der Waals surface area contributed by atoms with E-state index in [0.29, 0.717) is 17.3 Å². The van der Waals surface area contributed by atoms with Crippen LogP contribution in [-0.4, -0.2) is 33.7 Å². The molecule has 0 unspecified atom stereocenters. The number of para-hydroxylation sites is 1. The number of hydrogen-bond donors (Lipinski definition) is 1. The topological polar surface area (TPSA) is 64.3 Å². The summed E-state index contributed by atoms with van der Waals surface area (Å²) in [7, 11) is 0. The molecule has 0 amide bonds. The van der Waals surface area contributed by atoms with Crippen LogP contribution in [0.4, 0.5) is 11.6 Å². The van der Waals surface area contributed by atoms with Crippen molar-refractivity contribution in [2.75, 3.05) is 18.0 Å². The monoisotopic (exact) mass is 366 g/mol. The average Bonchev–Trinajstić information content (AvgIpc) is 3.02. The first-order chi connectivity index (χ1) is 12.7. The van der Waals surface area contributed by atoms with Crippen molar-refractivity contribution >= 4 is 34.3 Å². The average molecular weight is 367 g/mol. The number of aromatic nitrogens is 3. The van der Waals surface area contributed by atoms with Crippen molar-refractivity contribution in [3.05, 3.63) is 58.7 Å². The Balaban J connectivity index is 1.78. The van der Waals surface area contributed by atoms with Gasteiger partial charge in [0.25, 0.3) is 0 Å². The van der Waals surface area contributed by atoms with Gasteiger partial charge in [-0.25, -0.2) is 9.83 Å². The fourth-order valence-electron chi connectivity index (χ4n) is 3.43. The summed E-state index contributed by atoms with van der Waals surface area (Å²) in [5.41, 5.74) is 9.35. The predicted molar refractivity (Wildman–Crippen MR) is 104 cm³/mol. The molecule has 1 fully saturated rings. The number of fused-ring (bicyclic) bond motifs is 1. The molecule has 1 aliphatic heterocycles. The molecule has 1 atom stereocenters. The fourth-order valence-corrected chi connectivity index (χ4v) is 3.64. The molecule has 0 radical (unpaired) electrons. The summed E-state index contributed by atoms with van der Waals surface area (Å²) in [4.78, 5) is 14.9. The second kappa shape index (κ2) is 6.94. The van der Waals surface area contributed by atoms with Crippen molar-refractivity contribution in [1.82, 2.24) is 14.5 Å². The van der Waals surface area contributed by atoms with Crippen LogP contribution in [0, 0.1) is 6.57 Å². The van der Waals surface area contributed by atoms with Crippen LogP contribution in [0.1, 0.15) is 18.5 Å². The predicted octanol–water partition coefficient (Wildman–Crippen LogP) is 3.61. The summed E-state index contributed by atoms with van der Waals surface area (Å²) in [5.74, 6) is 0.874. The molecule has 4 rings (SSSR count). The third kappa shape index (κ3) is 3.12. The van der Waals surface area contributed by atoms with E-state index in [1.165, 1.54) is 0 Å². The van der Waals surface area contributed by atoms with E-state index in [1.807, 2.05) is 24.3 Å². The van der Waals surface area contributed by atoms with E-state index in [9.17, 15) is 0 Å². The minimum Gasteiger partial charge on any atom is -0.341 e. The number of nitrogens with two attached hydrogens (primary N) is 1. The number of hydrogen-bond acceptors (Lipinski definition) is 4. The third-order valence-electron chi connectivity index (χ3n) is 4.71. The van der Waals surface area contributed by atoms with Crippen molar-refractivity contribution in [2.24, 2.45) is 5.73 Å². The van der Waals surface area contributed by atoms with E-state index in [1.54, 1.807) is 12.3 Å². The standard InChI is InChI=1S/C19H19ClN6/c1-22-14-7-8-15(23-10-14)12-26-17-6-2-5-16(20)18(17)24-19(26)25-9-3-4-13(21)11-25/h2,5-8,10,13H,3-4,9,11-12,21H2/t13-/m0/s1.